The summed E-state index contributed by atoms with van der Waals surface area (Å²) < 4.78 is 1.31. The molecule has 2 heterocycles. The standard InChI is InChI=1S/C15H14Cl2N4O2S2/c16-12-6-4-10(24-12)8-18-20-14(22)2-1-3-15(23)21-19-9-11-5-7-13(17)25-11/h4-9H,1-3H2,(H,20,22)(H,21,23). The predicted molar refractivity (Wildman–Crippen MR) is 104 cm³/mol. The molecular weight excluding hydrogens is 403 g/mol. The summed E-state index contributed by atoms with van der Waals surface area (Å²) in [4.78, 5) is 24.9. The molecule has 0 aliphatic heterocycles. The summed E-state index contributed by atoms with van der Waals surface area (Å²) in [6, 6.07) is 7.11. The topological polar surface area (TPSA) is 82.9 Å². The predicted octanol–water partition coefficient (Wildman–Crippen LogP) is 3.89. The number of thiophene rings is 2. The molecule has 0 aliphatic carbocycles. The van der Waals surface area contributed by atoms with E-state index in [1.165, 1.54) is 35.1 Å². The van der Waals surface area contributed by atoms with Gasteiger partial charge < -0.3 is 0 Å². The molecule has 2 aromatic heterocycles. The van der Waals surface area contributed by atoms with Crippen molar-refractivity contribution in [3.8, 4) is 0 Å². The number of halogens is 2. The highest BCUT2D eigenvalue weighted by Crippen LogP contribution is 2.20. The number of nitrogens with one attached hydrogen (secondary N) is 2. The monoisotopic (exact) mass is 416 g/mol. The summed E-state index contributed by atoms with van der Waals surface area (Å²) in [5, 5.41) is 7.66. The third kappa shape index (κ3) is 7.78. The molecule has 2 rings (SSSR count). The molecule has 0 fully saturated rings. The second-order valence-electron chi connectivity index (χ2n) is 4.72. The lowest BCUT2D eigenvalue weighted by atomic mass is 10.2. The first-order valence-electron chi connectivity index (χ1n) is 7.17. The lowest BCUT2D eigenvalue weighted by molar-refractivity contribution is -0.122. The molecule has 6 nitrogen and oxygen atoms in total. The lowest BCUT2D eigenvalue weighted by Crippen LogP contribution is -2.20. The molecule has 25 heavy (non-hydrogen) atoms. The molecule has 2 aromatic rings. The zero-order valence-corrected chi connectivity index (χ0v) is 16.0. The van der Waals surface area contributed by atoms with Crippen molar-refractivity contribution in [3.05, 3.63) is 42.7 Å². The molecule has 0 saturated heterocycles. The third-order valence-electron chi connectivity index (χ3n) is 2.76. The quantitative estimate of drug-likeness (QED) is 0.505. The number of carbonyl (C=O) groups is 2. The van der Waals surface area contributed by atoms with Gasteiger partial charge in [-0.25, -0.2) is 10.9 Å². The summed E-state index contributed by atoms with van der Waals surface area (Å²) in [7, 11) is 0. The summed E-state index contributed by atoms with van der Waals surface area (Å²) in [5.41, 5.74) is 4.81. The maximum atomic E-state index is 11.6. The van der Waals surface area contributed by atoms with Gasteiger partial charge in [0.2, 0.25) is 11.8 Å². The minimum atomic E-state index is -0.261. The zero-order chi connectivity index (χ0) is 18.1. The second-order valence-corrected chi connectivity index (χ2v) is 8.22. The first-order valence-corrected chi connectivity index (χ1v) is 9.56. The van der Waals surface area contributed by atoms with Gasteiger partial charge >= 0.3 is 0 Å². The average Bonchev–Trinajstić information content (AvgIpc) is 3.16. The van der Waals surface area contributed by atoms with E-state index in [1.807, 2.05) is 0 Å². The Hall–Kier alpha value is -1.74. The van der Waals surface area contributed by atoms with Crippen molar-refractivity contribution in [2.45, 2.75) is 19.3 Å². The van der Waals surface area contributed by atoms with E-state index in [-0.39, 0.29) is 24.7 Å². The van der Waals surface area contributed by atoms with Crippen LogP contribution in [-0.2, 0) is 9.59 Å². The van der Waals surface area contributed by atoms with Crippen LogP contribution < -0.4 is 10.9 Å². The fraction of sp³-hybridized carbons (Fsp3) is 0.200. The minimum Gasteiger partial charge on any atom is -0.273 e. The fourth-order valence-corrected chi connectivity index (χ4v) is 3.52. The van der Waals surface area contributed by atoms with Crippen LogP contribution in [0.2, 0.25) is 8.67 Å². The number of rotatable bonds is 8. The Balaban J connectivity index is 1.59. The Morgan fingerprint density at radius 3 is 1.68 bits per heavy atom. The number of amides is 2. The van der Waals surface area contributed by atoms with E-state index in [0.29, 0.717) is 15.1 Å². The largest absolute Gasteiger partial charge is 0.273 e. The van der Waals surface area contributed by atoms with E-state index in [2.05, 4.69) is 21.1 Å². The zero-order valence-electron chi connectivity index (χ0n) is 12.9. The SMILES string of the molecule is O=C(CCCC(=O)NN=Cc1ccc(Cl)s1)NN=Cc1ccc(Cl)s1. The smallest absolute Gasteiger partial charge is 0.240 e. The molecule has 0 aliphatic rings. The van der Waals surface area contributed by atoms with Crippen molar-refractivity contribution in [1.82, 2.24) is 10.9 Å². The molecule has 0 radical (unpaired) electrons. The molecule has 0 atom stereocenters. The number of hydrazone groups is 2. The van der Waals surface area contributed by atoms with Crippen LogP contribution in [0.25, 0.3) is 0 Å². The van der Waals surface area contributed by atoms with Gasteiger partial charge in [0.1, 0.15) is 0 Å². The van der Waals surface area contributed by atoms with Gasteiger partial charge in [-0.05, 0) is 30.7 Å². The van der Waals surface area contributed by atoms with E-state index in [9.17, 15) is 9.59 Å². The Bertz CT molecular complexity index is 722. The van der Waals surface area contributed by atoms with E-state index >= 15 is 0 Å². The van der Waals surface area contributed by atoms with E-state index in [1.54, 1.807) is 24.3 Å². The normalized spacial score (nSPS) is 11.3. The van der Waals surface area contributed by atoms with Crippen LogP contribution >= 0.6 is 45.9 Å². The molecular formula is C15H14Cl2N4O2S2. The number of carbonyl (C=O) groups excluding carboxylic acids is 2. The first kappa shape index (κ1) is 19.6. The van der Waals surface area contributed by atoms with Gasteiger partial charge in [-0.1, -0.05) is 23.2 Å². The van der Waals surface area contributed by atoms with Crippen LogP contribution in [-0.4, -0.2) is 24.2 Å². The summed E-state index contributed by atoms with van der Waals surface area (Å²) >= 11 is 14.3. The van der Waals surface area contributed by atoms with Crippen molar-refractivity contribution in [2.24, 2.45) is 10.2 Å². The highest BCUT2D eigenvalue weighted by Gasteiger charge is 2.04. The summed E-state index contributed by atoms with van der Waals surface area (Å²) in [5.74, 6) is -0.521. The fourth-order valence-electron chi connectivity index (χ4n) is 1.65. The van der Waals surface area contributed by atoms with Crippen LogP contribution in [0, 0.1) is 0 Å². The lowest BCUT2D eigenvalue weighted by Gasteiger charge is -2.00. The average molecular weight is 417 g/mol. The molecule has 2 amide bonds. The minimum absolute atomic E-state index is 0.195. The Morgan fingerprint density at radius 2 is 1.32 bits per heavy atom. The van der Waals surface area contributed by atoms with E-state index in [4.69, 9.17) is 23.2 Å². The van der Waals surface area contributed by atoms with Gasteiger partial charge in [0.05, 0.1) is 21.1 Å². The second kappa shape index (κ2) is 10.3. The van der Waals surface area contributed by atoms with Crippen molar-refractivity contribution in [1.29, 1.82) is 0 Å². The maximum absolute atomic E-state index is 11.6. The summed E-state index contributed by atoms with van der Waals surface area (Å²) in [6.07, 6.45) is 3.83. The van der Waals surface area contributed by atoms with Gasteiger partial charge in [0.15, 0.2) is 0 Å². The van der Waals surface area contributed by atoms with Gasteiger partial charge in [-0.15, -0.1) is 22.7 Å². The Labute approximate surface area is 162 Å². The van der Waals surface area contributed by atoms with Gasteiger partial charge in [0, 0.05) is 22.6 Å². The van der Waals surface area contributed by atoms with E-state index < -0.39 is 0 Å². The molecule has 10 heteroatoms. The van der Waals surface area contributed by atoms with Crippen LogP contribution in [0.1, 0.15) is 29.0 Å². The first-order chi connectivity index (χ1) is 12.0. The van der Waals surface area contributed by atoms with Gasteiger partial charge in [0.25, 0.3) is 0 Å². The van der Waals surface area contributed by atoms with Crippen LogP contribution in [0.15, 0.2) is 34.5 Å². The molecule has 0 unspecified atom stereocenters. The molecule has 132 valence electrons. The van der Waals surface area contributed by atoms with E-state index in [0.717, 1.165) is 9.75 Å². The maximum Gasteiger partial charge on any atom is 0.240 e. The van der Waals surface area contributed by atoms with Crippen LogP contribution in [0.5, 0.6) is 0 Å². The number of hydrogen-bond acceptors (Lipinski definition) is 6. The van der Waals surface area contributed by atoms with Crippen LogP contribution in [0.4, 0.5) is 0 Å². The van der Waals surface area contributed by atoms with Crippen molar-refractivity contribution < 1.29 is 9.59 Å². The van der Waals surface area contributed by atoms with Gasteiger partial charge in [-0.3, -0.25) is 9.59 Å². The third-order valence-corrected chi connectivity index (χ3v) is 5.09. The molecule has 0 saturated carbocycles. The summed E-state index contributed by atoms with van der Waals surface area (Å²) in [6.45, 7) is 0. The molecule has 0 bridgehead atoms. The van der Waals surface area contributed by atoms with Crippen molar-refractivity contribution in [2.75, 3.05) is 0 Å². The Kier molecular flexibility index (Phi) is 8.07. The molecule has 0 spiro atoms. The van der Waals surface area contributed by atoms with Crippen molar-refractivity contribution in [3.63, 3.8) is 0 Å². The van der Waals surface area contributed by atoms with Gasteiger partial charge in [-0.2, -0.15) is 10.2 Å². The van der Waals surface area contributed by atoms with Crippen LogP contribution in [0.3, 0.4) is 0 Å². The van der Waals surface area contributed by atoms with Crippen molar-refractivity contribution >= 4 is 70.1 Å². The molecule has 0 aromatic carbocycles. The highest BCUT2D eigenvalue weighted by molar-refractivity contribution is 7.18. The Morgan fingerprint density at radius 1 is 0.880 bits per heavy atom. The molecule has 2 N–H and O–H groups in total. The number of hydrogen-bond donors (Lipinski definition) is 2. The number of nitrogens with zero attached hydrogens (tertiary/aromatic N) is 2. The highest BCUT2D eigenvalue weighted by atomic mass is 35.5.